The summed E-state index contributed by atoms with van der Waals surface area (Å²) in [4.78, 5) is 23.1. The largest absolute Gasteiger partial charge is 0.439 e. The first-order valence-electron chi connectivity index (χ1n) is 9.79. The Morgan fingerprint density at radius 3 is 2.62 bits per heavy atom. The average molecular weight is 388 g/mol. The van der Waals surface area contributed by atoms with Gasteiger partial charge in [0.25, 0.3) is 5.91 Å². The van der Waals surface area contributed by atoms with Gasteiger partial charge in [-0.2, -0.15) is 0 Å². The predicted octanol–water partition coefficient (Wildman–Crippen LogP) is 4.73. The summed E-state index contributed by atoms with van der Waals surface area (Å²) in [6.07, 6.45) is 3.48. The Morgan fingerprint density at radius 1 is 1.14 bits per heavy atom. The predicted molar refractivity (Wildman–Crippen MR) is 112 cm³/mol. The summed E-state index contributed by atoms with van der Waals surface area (Å²) in [5, 5.41) is 3.43. The molecule has 1 aliphatic heterocycles. The first-order valence-corrected chi connectivity index (χ1v) is 9.79. The molecule has 6 heteroatoms. The monoisotopic (exact) mass is 388 g/mol. The van der Waals surface area contributed by atoms with Gasteiger partial charge in [-0.3, -0.25) is 4.79 Å². The summed E-state index contributed by atoms with van der Waals surface area (Å²) in [6.45, 7) is 7.35. The standard InChI is InChI=1S/C23H24N4O2/c1-4-27-14-20-19(23(27)28)11-12-24-22(20)26-16(3)17-7-10-21(25-13-17)29-18-8-5-15(2)6-9-18/h5-13,16H,4,14H2,1-3H3,(H,24,26). The van der Waals surface area contributed by atoms with E-state index in [1.54, 1.807) is 18.5 Å². The number of fused-ring (bicyclic) bond motifs is 1. The summed E-state index contributed by atoms with van der Waals surface area (Å²) in [7, 11) is 0. The zero-order valence-corrected chi connectivity index (χ0v) is 16.8. The molecular weight excluding hydrogens is 364 g/mol. The van der Waals surface area contributed by atoms with Gasteiger partial charge < -0.3 is 15.0 Å². The van der Waals surface area contributed by atoms with Gasteiger partial charge in [0.1, 0.15) is 11.6 Å². The summed E-state index contributed by atoms with van der Waals surface area (Å²) < 4.78 is 5.80. The second-order valence-corrected chi connectivity index (χ2v) is 7.22. The van der Waals surface area contributed by atoms with Crippen LogP contribution >= 0.6 is 0 Å². The molecule has 2 aromatic heterocycles. The van der Waals surface area contributed by atoms with Crippen LogP contribution in [0.25, 0.3) is 0 Å². The number of nitrogens with zero attached hydrogens (tertiary/aromatic N) is 3. The van der Waals surface area contributed by atoms with Gasteiger partial charge in [-0.05, 0) is 44.5 Å². The molecule has 0 radical (unpaired) electrons. The van der Waals surface area contributed by atoms with Crippen molar-refractivity contribution in [2.75, 3.05) is 11.9 Å². The van der Waals surface area contributed by atoms with Crippen LogP contribution in [-0.4, -0.2) is 27.3 Å². The molecule has 1 aliphatic rings. The normalized spacial score (nSPS) is 13.9. The highest BCUT2D eigenvalue weighted by Gasteiger charge is 2.29. The quantitative estimate of drug-likeness (QED) is 0.661. The molecule has 0 bridgehead atoms. The molecule has 3 heterocycles. The van der Waals surface area contributed by atoms with Crippen LogP contribution < -0.4 is 10.1 Å². The van der Waals surface area contributed by atoms with Crippen molar-refractivity contribution < 1.29 is 9.53 Å². The van der Waals surface area contributed by atoms with E-state index in [-0.39, 0.29) is 11.9 Å². The first-order chi connectivity index (χ1) is 14.0. The van der Waals surface area contributed by atoms with Gasteiger partial charge in [-0.25, -0.2) is 9.97 Å². The molecule has 6 nitrogen and oxygen atoms in total. The van der Waals surface area contributed by atoms with Crippen molar-refractivity contribution >= 4 is 11.7 Å². The molecule has 1 amide bonds. The number of pyridine rings is 2. The fraction of sp³-hybridized carbons (Fsp3) is 0.261. The van der Waals surface area contributed by atoms with Crippen LogP contribution in [0.15, 0.2) is 54.9 Å². The van der Waals surface area contributed by atoms with Crippen LogP contribution in [0.2, 0.25) is 0 Å². The zero-order chi connectivity index (χ0) is 20.4. The smallest absolute Gasteiger partial charge is 0.254 e. The van der Waals surface area contributed by atoms with E-state index >= 15 is 0 Å². The Morgan fingerprint density at radius 2 is 1.93 bits per heavy atom. The van der Waals surface area contributed by atoms with Crippen LogP contribution in [0.1, 0.15) is 46.9 Å². The molecule has 0 spiro atoms. The molecule has 148 valence electrons. The number of rotatable bonds is 6. The van der Waals surface area contributed by atoms with Crippen molar-refractivity contribution in [2.24, 2.45) is 0 Å². The van der Waals surface area contributed by atoms with Crippen molar-refractivity contribution in [3.63, 3.8) is 0 Å². The van der Waals surface area contributed by atoms with Gasteiger partial charge in [-0.1, -0.05) is 23.8 Å². The maximum absolute atomic E-state index is 12.4. The molecule has 1 N–H and O–H groups in total. The zero-order valence-electron chi connectivity index (χ0n) is 16.8. The van der Waals surface area contributed by atoms with E-state index in [0.717, 1.165) is 28.3 Å². The Kier molecular flexibility index (Phi) is 5.16. The van der Waals surface area contributed by atoms with Crippen molar-refractivity contribution in [3.8, 4) is 11.6 Å². The third-order valence-electron chi connectivity index (χ3n) is 5.16. The van der Waals surface area contributed by atoms with Gasteiger partial charge in [0.2, 0.25) is 5.88 Å². The van der Waals surface area contributed by atoms with Crippen LogP contribution in [0.3, 0.4) is 0 Å². The number of benzene rings is 1. The van der Waals surface area contributed by atoms with Gasteiger partial charge in [-0.15, -0.1) is 0 Å². The van der Waals surface area contributed by atoms with Crippen molar-refractivity contribution in [1.29, 1.82) is 0 Å². The van der Waals surface area contributed by atoms with E-state index in [1.807, 2.05) is 62.1 Å². The number of hydrogen-bond acceptors (Lipinski definition) is 5. The molecule has 1 atom stereocenters. The molecule has 0 saturated heterocycles. The fourth-order valence-corrected chi connectivity index (χ4v) is 3.39. The third-order valence-corrected chi connectivity index (χ3v) is 5.16. The van der Waals surface area contributed by atoms with Gasteiger partial charge in [0.05, 0.1) is 12.6 Å². The van der Waals surface area contributed by atoms with Gasteiger partial charge in [0, 0.05) is 36.1 Å². The van der Waals surface area contributed by atoms with Crippen LogP contribution in [0, 0.1) is 6.92 Å². The summed E-state index contributed by atoms with van der Waals surface area (Å²) in [5.74, 6) is 2.13. The highest BCUT2D eigenvalue weighted by atomic mass is 16.5. The third kappa shape index (κ3) is 3.92. The van der Waals surface area contributed by atoms with E-state index in [9.17, 15) is 4.79 Å². The van der Waals surface area contributed by atoms with Gasteiger partial charge in [0.15, 0.2) is 0 Å². The lowest BCUT2D eigenvalue weighted by atomic mass is 10.1. The molecule has 0 fully saturated rings. The SMILES string of the molecule is CCN1Cc2c(ccnc2NC(C)c2ccc(Oc3ccc(C)cc3)nc2)C1=O. The topological polar surface area (TPSA) is 67.3 Å². The van der Waals surface area contributed by atoms with Crippen molar-refractivity contribution in [3.05, 3.63) is 77.1 Å². The lowest BCUT2D eigenvalue weighted by Crippen LogP contribution is -2.22. The molecule has 1 unspecified atom stereocenters. The highest BCUT2D eigenvalue weighted by molar-refractivity contribution is 5.99. The Hall–Kier alpha value is -3.41. The number of nitrogens with one attached hydrogen (secondary N) is 1. The molecule has 0 aliphatic carbocycles. The van der Waals surface area contributed by atoms with Crippen LogP contribution in [0.4, 0.5) is 5.82 Å². The number of ether oxygens (including phenoxy) is 1. The number of carbonyl (C=O) groups excluding carboxylic acids is 1. The summed E-state index contributed by atoms with van der Waals surface area (Å²) in [6, 6.07) is 13.5. The molecule has 1 aromatic carbocycles. The second-order valence-electron chi connectivity index (χ2n) is 7.22. The molecular formula is C23H24N4O2. The number of amides is 1. The fourth-order valence-electron chi connectivity index (χ4n) is 3.39. The van der Waals surface area contributed by atoms with E-state index < -0.39 is 0 Å². The minimum atomic E-state index is -0.0132. The van der Waals surface area contributed by atoms with Crippen molar-refractivity contribution in [1.82, 2.24) is 14.9 Å². The minimum Gasteiger partial charge on any atom is -0.439 e. The first kappa shape index (κ1) is 18.9. The summed E-state index contributed by atoms with van der Waals surface area (Å²) in [5.41, 5.74) is 3.89. The Bertz CT molecular complexity index is 1020. The second kappa shape index (κ2) is 7.91. The van der Waals surface area contributed by atoms with E-state index in [4.69, 9.17) is 4.74 Å². The number of aromatic nitrogens is 2. The number of aryl methyl sites for hydroxylation is 1. The van der Waals surface area contributed by atoms with Crippen LogP contribution in [-0.2, 0) is 6.54 Å². The lowest BCUT2D eigenvalue weighted by molar-refractivity contribution is 0.0787. The van der Waals surface area contributed by atoms with E-state index in [2.05, 4.69) is 15.3 Å². The number of anilines is 1. The van der Waals surface area contributed by atoms with E-state index in [1.165, 1.54) is 5.56 Å². The Balaban J connectivity index is 1.47. The average Bonchev–Trinajstić information content (AvgIpc) is 3.07. The van der Waals surface area contributed by atoms with Crippen LogP contribution in [0.5, 0.6) is 11.6 Å². The maximum Gasteiger partial charge on any atom is 0.254 e. The van der Waals surface area contributed by atoms with Gasteiger partial charge >= 0.3 is 0 Å². The Labute approximate surface area is 170 Å². The number of carbonyl (C=O) groups is 1. The summed E-state index contributed by atoms with van der Waals surface area (Å²) >= 11 is 0. The maximum atomic E-state index is 12.4. The molecule has 29 heavy (non-hydrogen) atoms. The molecule has 3 aromatic rings. The van der Waals surface area contributed by atoms with Crippen molar-refractivity contribution in [2.45, 2.75) is 33.4 Å². The minimum absolute atomic E-state index is 0.0132. The number of hydrogen-bond donors (Lipinski definition) is 1. The molecule has 0 saturated carbocycles. The molecule has 4 rings (SSSR count). The lowest BCUT2D eigenvalue weighted by Gasteiger charge is -2.17. The highest BCUT2D eigenvalue weighted by Crippen LogP contribution is 2.30. The van der Waals surface area contributed by atoms with E-state index in [0.29, 0.717) is 19.0 Å².